The van der Waals surface area contributed by atoms with Crippen molar-refractivity contribution in [3.05, 3.63) is 77.1 Å². The minimum absolute atomic E-state index is 0.0807. The molecule has 1 N–H and O–H groups in total. The lowest BCUT2D eigenvalue weighted by molar-refractivity contribution is -0.138. The predicted molar refractivity (Wildman–Crippen MR) is 122 cm³/mol. The van der Waals surface area contributed by atoms with Crippen molar-refractivity contribution in [3.8, 4) is 5.88 Å². The molecule has 0 bridgehead atoms. The number of amides is 2. The van der Waals surface area contributed by atoms with Crippen LogP contribution in [-0.4, -0.2) is 53.3 Å². The molecule has 3 aromatic rings. The van der Waals surface area contributed by atoms with E-state index < -0.39 is 29.6 Å². The fourth-order valence-electron chi connectivity index (χ4n) is 3.74. The molecule has 1 aromatic heterocycles. The molecule has 0 atom stereocenters. The van der Waals surface area contributed by atoms with Crippen molar-refractivity contribution in [2.24, 2.45) is 0 Å². The van der Waals surface area contributed by atoms with Crippen molar-refractivity contribution in [2.45, 2.75) is 13.1 Å². The number of hydrogen-bond donors (Lipinski definition) is 1. The molecule has 0 spiro atoms. The smallest absolute Gasteiger partial charge is 0.389 e. The third-order valence-electron chi connectivity index (χ3n) is 5.68. The molecule has 0 saturated carbocycles. The normalized spacial score (nSPS) is 13.9. The van der Waals surface area contributed by atoms with Crippen molar-refractivity contribution in [1.82, 2.24) is 15.1 Å². The van der Waals surface area contributed by atoms with Crippen molar-refractivity contribution in [3.63, 3.8) is 0 Å². The number of carbonyl (C=O) groups is 2. The quantitative estimate of drug-likeness (QED) is 0.527. The van der Waals surface area contributed by atoms with E-state index in [2.05, 4.69) is 15.5 Å². The van der Waals surface area contributed by atoms with Crippen LogP contribution in [0.15, 0.2) is 54.6 Å². The highest BCUT2D eigenvalue weighted by molar-refractivity contribution is 5.96. The minimum Gasteiger partial charge on any atom is -0.389 e. The third-order valence-corrected chi connectivity index (χ3v) is 5.68. The molecule has 1 aliphatic rings. The Morgan fingerprint density at radius 3 is 2.33 bits per heavy atom. The van der Waals surface area contributed by atoms with E-state index in [1.54, 1.807) is 6.07 Å². The van der Waals surface area contributed by atoms with E-state index >= 15 is 0 Å². The number of piperazine rings is 1. The van der Waals surface area contributed by atoms with Crippen LogP contribution in [0.25, 0.3) is 0 Å². The highest BCUT2D eigenvalue weighted by Gasteiger charge is 2.36. The highest BCUT2D eigenvalue weighted by Crippen LogP contribution is 2.32. The molecular formula is C24H21F4N5O3. The number of ether oxygens (including phenoxy) is 1. The maximum atomic E-state index is 13.6. The van der Waals surface area contributed by atoms with E-state index in [-0.39, 0.29) is 35.8 Å². The largest absolute Gasteiger partial charge is 0.418 e. The Morgan fingerprint density at radius 1 is 0.944 bits per heavy atom. The van der Waals surface area contributed by atoms with Crippen LogP contribution in [0.1, 0.15) is 21.5 Å². The molecule has 0 unspecified atom stereocenters. The molecule has 1 saturated heterocycles. The summed E-state index contributed by atoms with van der Waals surface area (Å²) in [5.74, 6) is -0.783. The molecule has 0 radical (unpaired) electrons. The first-order chi connectivity index (χ1) is 17.1. The topological polar surface area (TPSA) is 87.7 Å². The number of nitrogens with one attached hydrogen (secondary N) is 1. The molecule has 2 heterocycles. The second-order valence-corrected chi connectivity index (χ2v) is 7.98. The van der Waals surface area contributed by atoms with E-state index in [0.29, 0.717) is 18.9 Å². The number of nitrogens with zero attached hydrogens (tertiary/aromatic N) is 4. The number of anilines is 2. The summed E-state index contributed by atoms with van der Waals surface area (Å²) in [7, 11) is 0. The van der Waals surface area contributed by atoms with E-state index in [1.165, 1.54) is 54.3 Å². The van der Waals surface area contributed by atoms with Gasteiger partial charge in [-0.3, -0.25) is 10.1 Å². The van der Waals surface area contributed by atoms with Gasteiger partial charge in [0.2, 0.25) is 5.88 Å². The van der Waals surface area contributed by atoms with Crippen molar-refractivity contribution < 1.29 is 31.9 Å². The first-order valence-electron chi connectivity index (χ1n) is 10.9. The molecule has 188 valence electrons. The zero-order valence-corrected chi connectivity index (χ0v) is 19.1. The summed E-state index contributed by atoms with van der Waals surface area (Å²) in [6.45, 7) is 2.56. The van der Waals surface area contributed by atoms with Gasteiger partial charge in [-0.05, 0) is 37.3 Å². The number of rotatable bonds is 4. The molecule has 2 aromatic carbocycles. The number of halogens is 4. The molecule has 12 heteroatoms. The Kier molecular flexibility index (Phi) is 7.04. The molecule has 8 nitrogen and oxygen atoms in total. The maximum Gasteiger partial charge on any atom is 0.418 e. The van der Waals surface area contributed by atoms with Crippen molar-refractivity contribution in [1.29, 1.82) is 0 Å². The van der Waals surface area contributed by atoms with Crippen LogP contribution in [0.2, 0.25) is 0 Å². The number of carbonyl (C=O) groups excluding carboxylic acids is 2. The Morgan fingerprint density at radius 2 is 1.67 bits per heavy atom. The lowest BCUT2D eigenvalue weighted by Crippen LogP contribution is -2.49. The molecule has 4 rings (SSSR count). The van der Waals surface area contributed by atoms with Gasteiger partial charge in [0.1, 0.15) is 5.82 Å². The fraction of sp³-hybridized carbons (Fsp3) is 0.250. The molecular weight excluding hydrogens is 482 g/mol. The number of alkyl halides is 3. The van der Waals surface area contributed by atoms with Gasteiger partial charge in [0, 0.05) is 43.5 Å². The number of benzene rings is 2. The molecule has 1 aliphatic heterocycles. The van der Waals surface area contributed by atoms with Gasteiger partial charge in [0.05, 0.1) is 11.1 Å². The third kappa shape index (κ3) is 5.53. The van der Waals surface area contributed by atoms with E-state index in [1.807, 2.05) is 4.90 Å². The van der Waals surface area contributed by atoms with Crippen molar-refractivity contribution in [2.75, 3.05) is 36.4 Å². The summed E-state index contributed by atoms with van der Waals surface area (Å²) in [5, 5.41) is 10.3. The zero-order chi connectivity index (χ0) is 25.9. The van der Waals surface area contributed by atoms with Crippen molar-refractivity contribution >= 4 is 23.5 Å². The van der Waals surface area contributed by atoms with Crippen LogP contribution in [-0.2, 0) is 6.18 Å². The van der Waals surface area contributed by atoms with Gasteiger partial charge in [-0.1, -0.05) is 18.2 Å². The number of hydrogen-bond acceptors (Lipinski definition) is 6. The molecule has 2 amide bonds. The summed E-state index contributed by atoms with van der Waals surface area (Å²) >= 11 is 0. The van der Waals surface area contributed by atoms with Crippen LogP contribution in [0, 0.1) is 12.7 Å². The fourth-order valence-corrected chi connectivity index (χ4v) is 3.74. The first-order valence-corrected chi connectivity index (χ1v) is 10.9. The van der Waals surface area contributed by atoms with E-state index in [0.717, 1.165) is 6.07 Å². The SMILES string of the molecule is Cc1c(F)cccc1NC(=O)Oc1ccc(N2CCN(C(=O)c3ccccc3C(F)(F)F)CC2)nn1. The van der Waals surface area contributed by atoms with Gasteiger partial charge < -0.3 is 14.5 Å². The maximum absolute atomic E-state index is 13.6. The average molecular weight is 503 g/mol. The zero-order valence-electron chi connectivity index (χ0n) is 19.1. The molecule has 36 heavy (non-hydrogen) atoms. The standard InChI is InChI=1S/C24H21F4N5O3/c1-15-18(25)7-4-8-19(15)29-23(35)36-21-10-9-20(30-31-21)32-11-13-33(14-12-32)22(34)16-5-2-3-6-17(16)24(26,27)28/h2-10H,11-14H2,1H3,(H,29,35). The van der Waals surface area contributed by atoms with Crippen LogP contribution in [0.4, 0.5) is 33.9 Å². The Bertz CT molecular complexity index is 1260. The highest BCUT2D eigenvalue weighted by atomic mass is 19.4. The van der Waals surface area contributed by atoms with Crippen LogP contribution in [0.3, 0.4) is 0 Å². The van der Waals surface area contributed by atoms with Gasteiger partial charge in [0.25, 0.3) is 5.91 Å². The minimum atomic E-state index is -4.62. The van der Waals surface area contributed by atoms with Gasteiger partial charge in [-0.2, -0.15) is 13.2 Å². The van der Waals surface area contributed by atoms with E-state index in [9.17, 15) is 27.2 Å². The molecule has 0 aliphatic carbocycles. The van der Waals surface area contributed by atoms with Gasteiger partial charge in [-0.25, -0.2) is 9.18 Å². The second kappa shape index (κ2) is 10.2. The van der Waals surface area contributed by atoms with Gasteiger partial charge in [-0.15, -0.1) is 10.2 Å². The van der Waals surface area contributed by atoms with Gasteiger partial charge >= 0.3 is 12.3 Å². The average Bonchev–Trinajstić information content (AvgIpc) is 2.86. The summed E-state index contributed by atoms with van der Waals surface area (Å²) in [5.41, 5.74) is -0.827. The monoisotopic (exact) mass is 503 g/mol. The summed E-state index contributed by atoms with van der Waals surface area (Å²) in [6, 6.07) is 12.0. The van der Waals surface area contributed by atoms with Crippen LogP contribution < -0.4 is 15.0 Å². The summed E-state index contributed by atoms with van der Waals surface area (Å²) in [6.07, 6.45) is -5.49. The van der Waals surface area contributed by atoms with Crippen LogP contribution >= 0.6 is 0 Å². The summed E-state index contributed by atoms with van der Waals surface area (Å²) < 4.78 is 58.5. The Balaban J connectivity index is 1.34. The van der Waals surface area contributed by atoms with Crippen LogP contribution in [0.5, 0.6) is 5.88 Å². The lowest BCUT2D eigenvalue weighted by atomic mass is 10.1. The first kappa shape index (κ1) is 24.9. The lowest BCUT2D eigenvalue weighted by Gasteiger charge is -2.35. The van der Waals surface area contributed by atoms with E-state index in [4.69, 9.17) is 4.74 Å². The Hall–Kier alpha value is -4.22. The molecule has 1 fully saturated rings. The Labute approximate surface area is 203 Å². The number of aromatic nitrogens is 2. The summed E-state index contributed by atoms with van der Waals surface area (Å²) in [4.78, 5) is 28.0. The predicted octanol–water partition coefficient (Wildman–Crippen LogP) is 4.52. The second-order valence-electron chi connectivity index (χ2n) is 7.98. The van der Waals surface area contributed by atoms with Gasteiger partial charge in [0.15, 0.2) is 5.82 Å².